The van der Waals surface area contributed by atoms with Crippen LogP contribution < -0.4 is 10.9 Å². The summed E-state index contributed by atoms with van der Waals surface area (Å²) >= 11 is 10.2. The molecule has 1 rings (SSSR count). The van der Waals surface area contributed by atoms with Gasteiger partial charge >= 0.3 is 19.8 Å². The number of carbonyl (C=O) groups excluding carboxylic acids is 2. The Balaban J connectivity index is 0.00000784. The van der Waals surface area contributed by atoms with Crippen molar-refractivity contribution < 1.29 is 9.59 Å². The second kappa shape index (κ2) is 12.4. The number of rotatable bonds is 6. The predicted octanol–water partition coefficient (Wildman–Crippen LogP) is 0.159. The van der Waals surface area contributed by atoms with Crippen LogP contribution in [0.25, 0.3) is 0 Å². The average molecular weight is 491 g/mol. The molecule has 0 bridgehead atoms. The van der Waals surface area contributed by atoms with Crippen LogP contribution in [0.2, 0.25) is 0 Å². The summed E-state index contributed by atoms with van der Waals surface area (Å²) in [4.78, 5) is 31.7. The van der Waals surface area contributed by atoms with Crippen LogP contribution in [0, 0.1) is 0 Å². The minimum atomic E-state index is -0.313. The molecule has 0 saturated carbocycles. The second-order valence-electron chi connectivity index (χ2n) is 6.06. The van der Waals surface area contributed by atoms with Crippen molar-refractivity contribution in [2.24, 2.45) is 10.2 Å². The molecule has 0 saturated heterocycles. The third-order valence-electron chi connectivity index (χ3n) is 3.24. The number of carbonyl (C=O) groups is 2. The first-order chi connectivity index (χ1) is 13.0. The summed E-state index contributed by atoms with van der Waals surface area (Å²) in [6, 6.07) is 4.88. The molecule has 1 heterocycles. The van der Waals surface area contributed by atoms with Gasteiger partial charge in [0, 0.05) is 42.0 Å². The smallest absolute Gasteiger partial charge is 0.354 e. The molecule has 1 aromatic rings. The second-order valence-corrected chi connectivity index (χ2v) is 6.84. The normalized spacial score (nSPS) is 11.1. The minimum Gasteiger partial charge on any atom is -0.354 e. The number of aromatic nitrogens is 1. The van der Waals surface area contributed by atoms with E-state index in [2.05, 4.69) is 26.0 Å². The Hall–Kier alpha value is -2.15. The molecular weight excluding hydrogens is 468 g/mol. The Morgan fingerprint density at radius 2 is 1.21 bits per heavy atom. The van der Waals surface area contributed by atoms with Gasteiger partial charge < -0.3 is 9.80 Å². The van der Waals surface area contributed by atoms with Gasteiger partial charge in [-0.15, -0.1) is 0 Å². The van der Waals surface area contributed by atoms with Gasteiger partial charge in [0.05, 0.1) is 11.4 Å². The van der Waals surface area contributed by atoms with Crippen LogP contribution in [-0.4, -0.2) is 96.0 Å². The average Bonchev–Trinajstić information content (AvgIpc) is 2.61. The number of hydrogen-bond acceptors (Lipinski definition) is 7. The molecule has 0 atom stereocenters. The van der Waals surface area contributed by atoms with E-state index in [-0.39, 0.29) is 54.2 Å². The maximum atomic E-state index is 12.0. The summed E-state index contributed by atoms with van der Waals surface area (Å²) in [5.74, 6) is -0.626. The van der Waals surface area contributed by atoms with Gasteiger partial charge in [-0.25, -0.2) is 4.98 Å². The van der Waals surface area contributed by atoms with Crippen LogP contribution in [0.15, 0.2) is 28.4 Å². The fourth-order valence-corrected chi connectivity index (χ4v) is 1.83. The summed E-state index contributed by atoms with van der Waals surface area (Å²) in [6.07, 6.45) is 0. The summed E-state index contributed by atoms with van der Waals surface area (Å²) in [7, 11) is 6.99. The summed E-state index contributed by atoms with van der Waals surface area (Å²) in [5.41, 5.74) is 5.99. The largest absolute Gasteiger partial charge is 3.00 e. The minimum absolute atomic E-state index is 0. The molecule has 0 aliphatic rings. The molecule has 9 nitrogen and oxygen atoms in total. The van der Waals surface area contributed by atoms with Crippen LogP contribution in [0.4, 0.5) is 0 Å². The first-order valence-electron chi connectivity index (χ1n) is 8.14. The van der Waals surface area contributed by atoms with Crippen molar-refractivity contribution in [1.29, 1.82) is 0 Å². The van der Waals surface area contributed by atoms with Gasteiger partial charge in [0.25, 0.3) is 0 Å². The number of ketones is 2. The number of nitrogens with one attached hydrogen (secondary N) is 2. The molecule has 2 N–H and O–H groups in total. The topological polar surface area (TPSA) is 102 Å². The number of pyridine rings is 1. The zero-order valence-electron chi connectivity index (χ0n) is 17.2. The zero-order valence-corrected chi connectivity index (χ0v) is 21.2. The van der Waals surface area contributed by atoms with E-state index >= 15 is 0 Å². The maximum absolute atomic E-state index is 12.0. The molecule has 150 valence electrons. The Kier molecular flexibility index (Phi) is 11.5. The van der Waals surface area contributed by atoms with E-state index in [4.69, 9.17) is 24.4 Å². The zero-order chi connectivity index (χ0) is 21.4. The van der Waals surface area contributed by atoms with Crippen molar-refractivity contribution in [2.45, 2.75) is 13.8 Å². The van der Waals surface area contributed by atoms with Gasteiger partial charge in [-0.05, 0) is 36.6 Å². The third kappa shape index (κ3) is 8.39. The van der Waals surface area contributed by atoms with Crippen molar-refractivity contribution in [3.8, 4) is 0 Å². The monoisotopic (exact) mass is 490 g/mol. The molecule has 0 spiro atoms. The number of thiocarbonyl (C=S) groups is 2. The maximum Gasteiger partial charge on any atom is 3.00 e. The van der Waals surface area contributed by atoms with Gasteiger partial charge in [0.15, 0.2) is 33.2 Å². The van der Waals surface area contributed by atoms with Crippen LogP contribution in [0.5, 0.6) is 0 Å². The molecule has 0 radical (unpaired) electrons. The molecule has 0 aromatic carbocycles. The van der Waals surface area contributed by atoms with Gasteiger partial charge in [-0.1, -0.05) is 6.07 Å². The fourth-order valence-electron chi connectivity index (χ4n) is 1.74. The number of hydrogen-bond donors (Lipinski definition) is 2. The Labute approximate surface area is 194 Å². The van der Waals surface area contributed by atoms with E-state index in [0.29, 0.717) is 10.2 Å². The summed E-state index contributed by atoms with van der Waals surface area (Å²) < 4.78 is 0. The van der Waals surface area contributed by atoms with Crippen LogP contribution >= 0.6 is 24.4 Å². The predicted molar refractivity (Wildman–Crippen MR) is 123 cm³/mol. The molecule has 0 aliphatic heterocycles. The molecule has 0 fully saturated rings. The standard InChI is InChI=1S/C17H23N7O2S2.Ga/c1-10(25)14(19-21-16(27)23(3)4)12-8-7-9-13(18-12)15(11(2)26)20-22-17(28)24(5)6;/h7-9H,1-6H3,(H,21,27)(H,22,28);/q;+3/b19-14+,20-15+;. The van der Waals surface area contributed by atoms with Crippen molar-refractivity contribution in [1.82, 2.24) is 25.6 Å². The van der Waals surface area contributed by atoms with Crippen molar-refractivity contribution in [2.75, 3.05) is 28.2 Å². The van der Waals surface area contributed by atoms with Crippen molar-refractivity contribution in [3.05, 3.63) is 29.6 Å². The van der Waals surface area contributed by atoms with E-state index in [1.807, 2.05) is 0 Å². The fraction of sp³-hybridized carbons (Fsp3) is 0.353. The molecule has 12 heteroatoms. The third-order valence-corrected chi connectivity index (χ3v) is 4.15. The van der Waals surface area contributed by atoms with E-state index in [1.54, 1.807) is 56.2 Å². The molecule has 1 aromatic heterocycles. The Morgan fingerprint density at radius 1 is 0.862 bits per heavy atom. The molecule has 29 heavy (non-hydrogen) atoms. The number of Topliss-reactive ketones (excluding diaryl/α,β-unsaturated/α-hetero) is 2. The molecule has 0 aliphatic carbocycles. The summed E-state index contributed by atoms with van der Waals surface area (Å²) in [6.45, 7) is 2.73. The Morgan fingerprint density at radius 3 is 1.48 bits per heavy atom. The SMILES string of the molecule is CC(=O)/C(=N\NC(=S)N(C)C)c1cccc(/C(=N/NC(=S)N(C)C)C(C)=O)n1.[Ga+3]. The molecule has 0 amide bonds. The van der Waals surface area contributed by atoms with Gasteiger partial charge in [-0.3, -0.25) is 20.4 Å². The van der Waals surface area contributed by atoms with E-state index in [0.717, 1.165) is 0 Å². The first-order valence-corrected chi connectivity index (χ1v) is 8.95. The van der Waals surface area contributed by atoms with Gasteiger partial charge in [-0.2, -0.15) is 10.2 Å². The first kappa shape index (κ1) is 26.8. The van der Waals surface area contributed by atoms with Crippen molar-refractivity contribution >= 4 is 77.4 Å². The van der Waals surface area contributed by atoms with Crippen molar-refractivity contribution in [3.63, 3.8) is 0 Å². The number of nitrogens with zero attached hydrogens (tertiary/aromatic N) is 5. The van der Waals surface area contributed by atoms with E-state index in [1.165, 1.54) is 13.8 Å². The summed E-state index contributed by atoms with van der Waals surface area (Å²) in [5, 5.41) is 8.79. The van der Waals surface area contributed by atoms with Crippen LogP contribution in [0.1, 0.15) is 25.2 Å². The van der Waals surface area contributed by atoms with Gasteiger partial charge in [0.1, 0.15) is 0 Å². The Bertz CT molecular complexity index is 789. The van der Waals surface area contributed by atoms with Gasteiger partial charge in [0.2, 0.25) is 0 Å². The van der Waals surface area contributed by atoms with Crippen LogP contribution in [-0.2, 0) is 9.59 Å². The van der Waals surface area contributed by atoms with Crippen LogP contribution in [0.3, 0.4) is 0 Å². The van der Waals surface area contributed by atoms with E-state index < -0.39 is 0 Å². The number of hydrazone groups is 2. The molecular formula is C17H23GaN7O2S2+3. The quantitative estimate of drug-likeness (QED) is 0.250. The van der Waals surface area contributed by atoms with E-state index in [9.17, 15) is 9.59 Å². The molecule has 0 unspecified atom stereocenters.